The number of methoxy groups -OCH3 is 2. The largest absolute Gasteiger partial charge is 0.493 e. The molecule has 114 valence electrons. The molecule has 3 aromatic rings. The second-order valence-corrected chi connectivity index (χ2v) is 5.59. The first-order chi connectivity index (χ1) is 10.5. The van der Waals surface area contributed by atoms with Crippen LogP contribution >= 0.6 is 11.6 Å². The van der Waals surface area contributed by atoms with Crippen LogP contribution in [0.5, 0.6) is 11.5 Å². The molecule has 5 heteroatoms. The molecule has 0 aliphatic rings. The summed E-state index contributed by atoms with van der Waals surface area (Å²) in [5, 5.41) is 0.500. The van der Waals surface area contributed by atoms with Crippen molar-refractivity contribution in [3.8, 4) is 22.9 Å². The zero-order valence-corrected chi connectivity index (χ0v) is 13.7. The van der Waals surface area contributed by atoms with Crippen LogP contribution in [-0.2, 0) is 7.05 Å². The van der Waals surface area contributed by atoms with Crippen molar-refractivity contribution in [3.63, 3.8) is 0 Å². The number of hydrogen-bond acceptors (Lipinski definition) is 3. The standard InChI is InChI=1S/C17H17ClN2O2/c1-10-5-6-14-13(7-10)19-17(20(14)2)11-8-12(18)16(22-4)15(9-11)21-3/h5-9H,1-4H3. The van der Waals surface area contributed by atoms with Crippen LogP contribution in [-0.4, -0.2) is 23.8 Å². The summed E-state index contributed by atoms with van der Waals surface area (Å²) in [6.07, 6.45) is 0. The highest BCUT2D eigenvalue weighted by Gasteiger charge is 2.16. The molecule has 0 radical (unpaired) electrons. The van der Waals surface area contributed by atoms with Gasteiger partial charge in [-0.3, -0.25) is 0 Å². The van der Waals surface area contributed by atoms with E-state index in [0.29, 0.717) is 16.5 Å². The van der Waals surface area contributed by atoms with Crippen molar-refractivity contribution in [2.24, 2.45) is 7.05 Å². The summed E-state index contributed by atoms with van der Waals surface area (Å²) >= 11 is 6.30. The minimum atomic E-state index is 0.500. The van der Waals surface area contributed by atoms with E-state index in [9.17, 15) is 0 Å². The molecule has 0 saturated heterocycles. The smallest absolute Gasteiger partial charge is 0.179 e. The molecule has 0 saturated carbocycles. The Balaban J connectivity index is 2.23. The molecule has 4 nitrogen and oxygen atoms in total. The predicted octanol–water partition coefficient (Wildman–Crippen LogP) is 4.22. The van der Waals surface area contributed by atoms with E-state index in [1.165, 1.54) is 5.56 Å². The second kappa shape index (κ2) is 5.54. The molecule has 3 rings (SSSR count). The Labute approximate surface area is 134 Å². The zero-order chi connectivity index (χ0) is 15.9. The molecular formula is C17H17ClN2O2. The zero-order valence-electron chi connectivity index (χ0n) is 13.0. The molecule has 0 spiro atoms. The lowest BCUT2D eigenvalue weighted by Crippen LogP contribution is -1.96. The van der Waals surface area contributed by atoms with E-state index < -0.39 is 0 Å². The fraction of sp³-hybridized carbons (Fsp3) is 0.235. The Morgan fingerprint density at radius 1 is 1.09 bits per heavy atom. The van der Waals surface area contributed by atoms with Gasteiger partial charge in [-0.25, -0.2) is 4.98 Å². The second-order valence-electron chi connectivity index (χ2n) is 5.18. The SMILES string of the molecule is COc1cc(-c2nc3cc(C)ccc3n2C)cc(Cl)c1OC. The van der Waals surface area contributed by atoms with Gasteiger partial charge in [0.1, 0.15) is 5.82 Å². The van der Waals surface area contributed by atoms with Crippen LogP contribution in [0.25, 0.3) is 22.4 Å². The van der Waals surface area contributed by atoms with E-state index in [4.69, 9.17) is 26.1 Å². The fourth-order valence-corrected chi connectivity index (χ4v) is 2.90. The molecule has 0 aliphatic carbocycles. The molecule has 0 N–H and O–H groups in total. The van der Waals surface area contributed by atoms with Crippen molar-refractivity contribution in [3.05, 3.63) is 40.9 Å². The highest BCUT2D eigenvalue weighted by molar-refractivity contribution is 6.32. The minimum Gasteiger partial charge on any atom is -0.493 e. The summed E-state index contributed by atoms with van der Waals surface area (Å²) in [5.74, 6) is 1.96. The van der Waals surface area contributed by atoms with Crippen molar-refractivity contribution < 1.29 is 9.47 Å². The van der Waals surface area contributed by atoms with Gasteiger partial charge in [0.25, 0.3) is 0 Å². The van der Waals surface area contributed by atoms with Crippen LogP contribution in [0.2, 0.25) is 5.02 Å². The first-order valence-electron chi connectivity index (χ1n) is 6.90. The monoisotopic (exact) mass is 316 g/mol. The minimum absolute atomic E-state index is 0.500. The first-order valence-corrected chi connectivity index (χ1v) is 7.28. The van der Waals surface area contributed by atoms with Crippen LogP contribution in [0.15, 0.2) is 30.3 Å². The summed E-state index contributed by atoms with van der Waals surface area (Å²) < 4.78 is 12.7. The number of hydrogen-bond donors (Lipinski definition) is 0. The third kappa shape index (κ3) is 2.29. The van der Waals surface area contributed by atoms with Crippen LogP contribution in [0.3, 0.4) is 0 Å². The molecular weight excluding hydrogens is 300 g/mol. The summed E-state index contributed by atoms with van der Waals surface area (Å²) in [5.41, 5.74) is 4.11. The molecule has 0 amide bonds. The quantitative estimate of drug-likeness (QED) is 0.726. The molecule has 0 aliphatic heterocycles. The van der Waals surface area contributed by atoms with E-state index in [1.807, 2.05) is 23.7 Å². The van der Waals surface area contributed by atoms with Crippen LogP contribution < -0.4 is 9.47 Å². The summed E-state index contributed by atoms with van der Waals surface area (Å²) in [6, 6.07) is 9.95. The van der Waals surface area contributed by atoms with Gasteiger partial charge in [-0.2, -0.15) is 0 Å². The highest BCUT2D eigenvalue weighted by Crippen LogP contribution is 2.39. The number of halogens is 1. The van der Waals surface area contributed by atoms with Gasteiger partial charge in [0, 0.05) is 12.6 Å². The van der Waals surface area contributed by atoms with Gasteiger partial charge in [-0.05, 0) is 36.8 Å². The maximum absolute atomic E-state index is 6.30. The number of aryl methyl sites for hydroxylation is 2. The molecule has 2 aromatic carbocycles. The average molecular weight is 317 g/mol. The predicted molar refractivity (Wildman–Crippen MR) is 89.0 cm³/mol. The number of imidazole rings is 1. The number of nitrogens with zero attached hydrogens (tertiary/aromatic N) is 2. The molecule has 1 aromatic heterocycles. The lowest BCUT2D eigenvalue weighted by atomic mass is 10.2. The van der Waals surface area contributed by atoms with Crippen molar-refractivity contribution in [2.75, 3.05) is 14.2 Å². The van der Waals surface area contributed by atoms with Gasteiger partial charge >= 0.3 is 0 Å². The van der Waals surface area contributed by atoms with Crippen molar-refractivity contribution in [1.29, 1.82) is 0 Å². The number of fused-ring (bicyclic) bond motifs is 1. The maximum Gasteiger partial charge on any atom is 0.179 e. The summed E-state index contributed by atoms with van der Waals surface area (Å²) in [4.78, 5) is 4.72. The Bertz CT molecular complexity index is 855. The number of benzene rings is 2. The van der Waals surface area contributed by atoms with Crippen molar-refractivity contribution in [2.45, 2.75) is 6.92 Å². The van der Waals surface area contributed by atoms with Gasteiger partial charge in [-0.1, -0.05) is 17.7 Å². The number of ether oxygens (including phenoxy) is 2. The third-order valence-electron chi connectivity index (χ3n) is 3.73. The topological polar surface area (TPSA) is 36.3 Å². The Hall–Kier alpha value is -2.20. The van der Waals surface area contributed by atoms with E-state index in [0.717, 1.165) is 22.4 Å². The van der Waals surface area contributed by atoms with Gasteiger partial charge < -0.3 is 14.0 Å². The van der Waals surface area contributed by atoms with Crippen LogP contribution in [0.4, 0.5) is 0 Å². The highest BCUT2D eigenvalue weighted by atomic mass is 35.5. The van der Waals surface area contributed by atoms with Gasteiger partial charge in [-0.15, -0.1) is 0 Å². The lowest BCUT2D eigenvalue weighted by Gasteiger charge is -2.11. The van der Waals surface area contributed by atoms with E-state index in [2.05, 4.69) is 25.1 Å². The van der Waals surface area contributed by atoms with E-state index in [-0.39, 0.29) is 0 Å². The summed E-state index contributed by atoms with van der Waals surface area (Å²) in [6.45, 7) is 2.06. The molecule has 22 heavy (non-hydrogen) atoms. The van der Waals surface area contributed by atoms with Gasteiger partial charge in [0.05, 0.1) is 30.3 Å². The van der Waals surface area contributed by atoms with Crippen molar-refractivity contribution >= 4 is 22.6 Å². The Morgan fingerprint density at radius 2 is 1.86 bits per heavy atom. The van der Waals surface area contributed by atoms with Gasteiger partial charge in [0.15, 0.2) is 11.5 Å². The number of aromatic nitrogens is 2. The van der Waals surface area contributed by atoms with Crippen LogP contribution in [0.1, 0.15) is 5.56 Å². The number of rotatable bonds is 3. The lowest BCUT2D eigenvalue weighted by molar-refractivity contribution is 0.355. The van der Waals surface area contributed by atoms with E-state index >= 15 is 0 Å². The third-order valence-corrected chi connectivity index (χ3v) is 4.01. The first kappa shape index (κ1) is 14.7. The molecule has 0 fully saturated rings. The fourth-order valence-electron chi connectivity index (χ4n) is 2.62. The van der Waals surface area contributed by atoms with Crippen LogP contribution in [0, 0.1) is 6.92 Å². The molecule has 0 unspecified atom stereocenters. The molecule has 0 atom stereocenters. The Kier molecular flexibility index (Phi) is 3.71. The van der Waals surface area contributed by atoms with Gasteiger partial charge in [0.2, 0.25) is 0 Å². The molecule has 1 heterocycles. The normalized spacial score (nSPS) is 11.0. The Morgan fingerprint density at radius 3 is 2.55 bits per heavy atom. The summed E-state index contributed by atoms with van der Waals surface area (Å²) in [7, 11) is 5.15. The van der Waals surface area contributed by atoms with Crippen molar-refractivity contribution in [1.82, 2.24) is 9.55 Å². The molecule has 0 bridgehead atoms. The average Bonchev–Trinajstić information content (AvgIpc) is 2.82. The van der Waals surface area contributed by atoms with E-state index in [1.54, 1.807) is 14.2 Å². The maximum atomic E-state index is 6.30.